The van der Waals surface area contributed by atoms with Crippen LogP contribution >= 0.6 is 11.3 Å². The van der Waals surface area contributed by atoms with Crippen molar-refractivity contribution in [3.63, 3.8) is 0 Å². The standard InChI is InChI=1S/C25H26N2O2S/c1-18-8-10-19(11-9-18)15-24(28)27-13-12-26-25(29)21(17-27)16-20-5-2-3-6-22(20)23-7-4-14-30-23/h2-11,14,21H,12-13,15-17H2,1H3,(H,26,29)/t21-/m0/s1. The van der Waals surface area contributed by atoms with Crippen molar-refractivity contribution in [3.05, 3.63) is 82.7 Å². The highest BCUT2D eigenvalue weighted by Crippen LogP contribution is 2.30. The molecule has 0 spiro atoms. The molecular weight excluding hydrogens is 392 g/mol. The summed E-state index contributed by atoms with van der Waals surface area (Å²) in [5, 5.41) is 5.06. The van der Waals surface area contributed by atoms with E-state index >= 15 is 0 Å². The molecule has 4 rings (SSSR count). The molecule has 1 N–H and O–H groups in total. The molecule has 1 aromatic heterocycles. The fourth-order valence-electron chi connectivity index (χ4n) is 3.91. The van der Waals surface area contributed by atoms with E-state index in [9.17, 15) is 9.59 Å². The molecule has 30 heavy (non-hydrogen) atoms. The van der Waals surface area contributed by atoms with Gasteiger partial charge in [0.15, 0.2) is 0 Å². The normalized spacial score (nSPS) is 16.8. The number of hydrogen-bond donors (Lipinski definition) is 1. The Balaban J connectivity index is 1.50. The zero-order chi connectivity index (χ0) is 20.9. The van der Waals surface area contributed by atoms with Crippen LogP contribution in [0.1, 0.15) is 16.7 Å². The first-order valence-corrected chi connectivity index (χ1v) is 11.2. The zero-order valence-corrected chi connectivity index (χ0v) is 18.0. The van der Waals surface area contributed by atoms with Gasteiger partial charge in [0, 0.05) is 24.5 Å². The molecule has 0 aliphatic carbocycles. The lowest BCUT2D eigenvalue weighted by atomic mass is 9.94. The number of thiophene rings is 1. The van der Waals surface area contributed by atoms with Crippen LogP contribution in [0.2, 0.25) is 0 Å². The highest BCUT2D eigenvalue weighted by molar-refractivity contribution is 7.13. The SMILES string of the molecule is Cc1ccc(CC(=O)N2CCNC(=O)[C@@H](Cc3ccccc3-c3cccs3)C2)cc1. The summed E-state index contributed by atoms with van der Waals surface area (Å²) in [6.07, 6.45) is 0.987. The second-order valence-electron chi connectivity index (χ2n) is 7.83. The molecule has 2 amide bonds. The van der Waals surface area contributed by atoms with Gasteiger partial charge >= 0.3 is 0 Å². The third-order valence-electron chi connectivity index (χ3n) is 5.59. The van der Waals surface area contributed by atoms with Gasteiger partial charge < -0.3 is 10.2 Å². The van der Waals surface area contributed by atoms with E-state index in [0.717, 1.165) is 11.1 Å². The minimum Gasteiger partial charge on any atom is -0.354 e. The average molecular weight is 419 g/mol. The summed E-state index contributed by atoms with van der Waals surface area (Å²) in [5.74, 6) is -0.149. The Kier molecular flexibility index (Phi) is 6.29. The van der Waals surface area contributed by atoms with Gasteiger partial charge in [-0.25, -0.2) is 0 Å². The van der Waals surface area contributed by atoms with Gasteiger partial charge in [-0.15, -0.1) is 11.3 Å². The minimum atomic E-state index is -0.254. The van der Waals surface area contributed by atoms with Crippen LogP contribution in [-0.2, 0) is 22.4 Å². The molecule has 1 fully saturated rings. The summed E-state index contributed by atoms with van der Waals surface area (Å²) in [6, 6.07) is 20.5. The maximum absolute atomic E-state index is 13.0. The van der Waals surface area contributed by atoms with Crippen molar-refractivity contribution in [1.29, 1.82) is 0 Å². The number of aryl methyl sites for hydroxylation is 1. The molecule has 154 valence electrons. The van der Waals surface area contributed by atoms with E-state index in [-0.39, 0.29) is 17.7 Å². The smallest absolute Gasteiger partial charge is 0.227 e. The number of carbonyl (C=O) groups excluding carboxylic acids is 2. The van der Waals surface area contributed by atoms with Crippen LogP contribution in [0.3, 0.4) is 0 Å². The minimum absolute atomic E-state index is 0.0293. The molecule has 5 heteroatoms. The van der Waals surface area contributed by atoms with Gasteiger partial charge in [-0.1, -0.05) is 60.2 Å². The molecule has 1 aliphatic heterocycles. The molecule has 1 aliphatic rings. The van der Waals surface area contributed by atoms with Crippen molar-refractivity contribution >= 4 is 23.2 Å². The maximum Gasteiger partial charge on any atom is 0.227 e. The fourth-order valence-corrected chi connectivity index (χ4v) is 4.70. The molecule has 1 saturated heterocycles. The lowest BCUT2D eigenvalue weighted by Crippen LogP contribution is -2.38. The fraction of sp³-hybridized carbons (Fsp3) is 0.280. The molecule has 1 atom stereocenters. The molecule has 3 aromatic rings. The second-order valence-corrected chi connectivity index (χ2v) is 8.78. The van der Waals surface area contributed by atoms with Gasteiger partial charge in [0.1, 0.15) is 0 Å². The summed E-state index contributed by atoms with van der Waals surface area (Å²) in [6.45, 7) is 3.55. The van der Waals surface area contributed by atoms with Gasteiger partial charge in [0.2, 0.25) is 11.8 Å². The predicted octanol–water partition coefficient (Wildman–Crippen LogP) is 4.08. The van der Waals surface area contributed by atoms with Crippen LogP contribution in [0.5, 0.6) is 0 Å². The van der Waals surface area contributed by atoms with Crippen LogP contribution in [-0.4, -0.2) is 36.3 Å². The lowest BCUT2D eigenvalue weighted by Gasteiger charge is -2.24. The molecule has 2 heterocycles. The number of amides is 2. The predicted molar refractivity (Wildman–Crippen MR) is 121 cm³/mol. The first-order chi connectivity index (χ1) is 14.6. The van der Waals surface area contributed by atoms with Crippen molar-refractivity contribution < 1.29 is 9.59 Å². The summed E-state index contributed by atoms with van der Waals surface area (Å²) >= 11 is 1.70. The van der Waals surface area contributed by atoms with Crippen LogP contribution in [0.15, 0.2) is 66.0 Å². The number of rotatable bonds is 5. The van der Waals surface area contributed by atoms with Crippen LogP contribution in [0, 0.1) is 12.8 Å². The Morgan fingerprint density at radius 2 is 1.90 bits per heavy atom. The molecular formula is C25H26N2O2S. The third-order valence-corrected chi connectivity index (χ3v) is 6.49. The van der Waals surface area contributed by atoms with Crippen molar-refractivity contribution in [3.8, 4) is 10.4 Å². The lowest BCUT2D eigenvalue weighted by molar-refractivity contribution is -0.131. The third kappa shape index (κ3) is 4.79. The first kappa shape index (κ1) is 20.4. The maximum atomic E-state index is 13.0. The van der Waals surface area contributed by atoms with Gasteiger partial charge in [-0.05, 0) is 41.5 Å². The van der Waals surface area contributed by atoms with E-state index in [2.05, 4.69) is 28.9 Å². The van der Waals surface area contributed by atoms with Gasteiger partial charge in [0.25, 0.3) is 0 Å². The van der Waals surface area contributed by atoms with Crippen LogP contribution in [0.4, 0.5) is 0 Å². The molecule has 0 bridgehead atoms. The van der Waals surface area contributed by atoms with Crippen molar-refractivity contribution in [2.45, 2.75) is 19.8 Å². The number of carbonyl (C=O) groups is 2. The Hall–Kier alpha value is -2.92. The van der Waals surface area contributed by atoms with E-state index in [1.54, 1.807) is 11.3 Å². The largest absolute Gasteiger partial charge is 0.354 e. The number of nitrogens with zero attached hydrogens (tertiary/aromatic N) is 1. The van der Waals surface area contributed by atoms with Gasteiger partial charge in [-0.3, -0.25) is 9.59 Å². The summed E-state index contributed by atoms with van der Waals surface area (Å²) in [4.78, 5) is 28.7. The van der Waals surface area contributed by atoms with Crippen molar-refractivity contribution in [2.24, 2.45) is 5.92 Å². The van der Waals surface area contributed by atoms with Crippen molar-refractivity contribution in [1.82, 2.24) is 10.2 Å². The molecule has 0 radical (unpaired) electrons. The molecule has 2 aromatic carbocycles. The summed E-state index contributed by atoms with van der Waals surface area (Å²) in [5.41, 5.74) is 4.50. The van der Waals surface area contributed by atoms with E-state index in [4.69, 9.17) is 0 Å². The second kappa shape index (κ2) is 9.26. The Morgan fingerprint density at radius 1 is 1.10 bits per heavy atom. The van der Waals surface area contributed by atoms with Crippen LogP contribution in [0.25, 0.3) is 10.4 Å². The summed E-state index contributed by atoms with van der Waals surface area (Å²) in [7, 11) is 0. The Labute approximate surface area is 181 Å². The van der Waals surface area contributed by atoms with Gasteiger partial charge in [0.05, 0.1) is 12.3 Å². The van der Waals surface area contributed by atoms with E-state index in [1.165, 1.54) is 16.0 Å². The number of hydrogen-bond acceptors (Lipinski definition) is 3. The molecule has 4 nitrogen and oxygen atoms in total. The highest BCUT2D eigenvalue weighted by Gasteiger charge is 2.28. The zero-order valence-electron chi connectivity index (χ0n) is 17.1. The molecule has 0 saturated carbocycles. The van der Waals surface area contributed by atoms with E-state index in [1.807, 2.05) is 54.3 Å². The van der Waals surface area contributed by atoms with Gasteiger partial charge in [-0.2, -0.15) is 0 Å². The highest BCUT2D eigenvalue weighted by atomic mass is 32.1. The number of benzene rings is 2. The van der Waals surface area contributed by atoms with Crippen molar-refractivity contribution in [2.75, 3.05) is 19.6 Å². The Bertz CT molecular complexity index is 1010. The monoisotopic (exact) mass is 418 g/mol. The average Bonchev–Trinajstić information content (AvgIpc) is 3.22. The summed E-state index contributed by atoms with van der Waals surface area (Å²) < 4.78 is 0. The van der Waals surface area contributed by atoms with E-state index in [0.29, 0.717) is 32.5 Å². The van der Waals surface area contributed by atoms with Crippen LogP contribution < -0.4 is 5.32 Å². The van der Waals surface area contributed by atoms with E-state index < -0.39 is 0 Å². The molecule has 0 unspecified atom stereocenters. The quantitative estimate of drug-likeness (QED) is 0.679. The Morgan fingerprint density at radius 3 is 2.67 bits per heavy atom. The topological polar surface area (TPSA) is 49.4 Å². The first-order valence-electron chi connectivity index (χ1n) is 10.3. The number of nitrogens with one attached hydrogen (secondary N) is 1.